The zero-order chi connectivity index (χ0) is 12.7. The van der Waals surface area contributed by atoms with Gasteiger partial charge in [0.25, 0.3) is 0 Å². The van der Waals surface area contributed by atoms with Gasteiger partial charge in [-0.25, -0.2) is 0 Å². The number of nitrogens with zero attached hydrogens (tertiary/aromatic N) is 2. The number of aryl methyl sites for hydroxylation is 2. The fourth-order valence-corrected chi connectivity index (χ4v) is 1.95. The fourth-order valence-electron chi connectivity index (χ4n) is 1.95. The predicted molar refractivity (Wildman–Crippen MR) is 70.1 cm³/mol. The van der Waals surface area contributed by atoms with Crippen LogP contribution in [0.1, 0.15) is 37.3 Å². The summed E-state index contributed by atoms with van der Waals surface area (Å²) >= 11 is 0. The Morgan fingerprint density at radius 2 is 2.00 bits per heavy atom. The van der Waals surface area contributed by atoms with Crippen LogP contribution < -0.4 is 5.32 Å². The van der Waals surface area contributed by atoms with Gasteiger partial charge in [-0.2, -0.15) is 0 Å². The van der Waals surface area contributed by atoms with Gasteiger partial charge in [-0.3, -0.25) is 0 Å². The summed E-state index contributed by atoms with van der Waals surface area (Å²) in [5.41, 5.74) is 2.19. The molecule has 0 unspecified atom stereocenters. The van der Waals surface area contributed by atoms with E-state index >= 15 is 0 Å². The van der Waals surface area contributed by atoms with Crippen LogP contribution in [0.3, 0.4) is 0 Å². The molecule has 0 aromatic carbocycles. The molecule has 0 aliphatic rings. The first-order valence-corrected chi connectivity index (χ1v) is 6.53. The summed E-state index contributed by atoms with van der Waals surface area (Å²) in [4.78, 5) is 2.46. The third-order valence-electron chi connectivity index (χ3n) is 3.07. The summed E-state index contributed by atoms with van der Waals surface area (Å²) in [6.07, 6.45) is 1.22. The number of hydrogen-bond donors (Lipinski definition) is 1. The third kappa shape index (κ3) is 4.48. The molecule has 17 heavy (non-hydrogen) atoms. The molecule has 1 aromatic rings. The van der Waals surface area contributed by atoms with Crippen molar-refractivity contribution >= 4 is 0 Å². The van der Waals surface area contributed by atoms with Gasteiger partial charge in [0, 0.05) is 25.2 Å². The Morgan fingerprint density at radius 3 is 2.53 bits per heavy atom. The van der Waals surface area contributed by atoms with E-state index in [1.54, 1.807) is 0 Å². The van der Waals surface area contributed by atoms with Crippen LogP contribution >= 0.6 is 0 Å². The standard InChI is InChI=1S/C13H25N3O/c1-5-8-16(6-2)9-7-14-10-13-11(3)15-17-12(13)4/h14H,5-10H2,1-4H3. The van der Waals surface area contributed by atoms with E-state index in [-0.39, 0.29) is 0 Å². The summed E-state index contributed by atoms with van der Waals surface area (Å²) in [6.45, 7) is 13.7. The van der Waals surface area contributed by atoms with Gasteiger partial charge in [0.15, 0.2) is 0 Å². The molecule has 0 saturated heterocycles. The second-order valence-electron chi connectivity index (χ2n) is 4.41. The topological polar surface area (TPSA) is 41.3 Å². The lowest BCUT2D eigenvalue weighted by molar-refractivity contribution is 0.287. The third-order valence-corrected chi connectivity index (χ3v) is 3.07. The SMILES string of the molecule is CCCN(CC)CCNCc1c(C)noc1C. The Bertz CT molecular complexity index is 303. The van der Waals surface area contributed by atoms with Crippen LogP contribution in [0.2, 0.25) is 0 Å². The van der Waals surface area contributed by atoms with Crippen molar-refractivity contribution in [2.75, 3.05) is 26.2 Å². The number of likely N-dealkylation sites (N-methyl/N-ethyl adjacent to an activating group) is 1. The van der Waals surface area contributed by atoms with E-state index in [4.69, 9.17) is 4.52 Å². The van der Waals surface area contributed by atoms with Crippen LogP contribution in [-0.4, -0.2) is 36.2 Å². The predicted octanol–water partition coefficient (Wildman–Crippen LogP) is 2.11. The van der Waals surface area contributed by atoms with Crippen LogP contribution in [-0.2, 0) is 6.54 Å². The van der Waals surface area contributed by atoms with E-state index in [0.717, 1.165) is 37.6 Å². The van der Waals surface area contributed by atoms with Crippen molar-refractivity contribution in [2.45, 2.75) is 40.7 Å². The molecule has 1 rings (SSSR count). The van der Waals surface area contributed by atoms with Gasteiger partial charge in [-0.1, -0.05) is 19.0 Å². The quantitative estimate of drug-likeness (QED) is 0.705. The Morgan fingerprint density at radius 1 is 1.24 bits per heavy atom. The van der Waals surface area contributed by atoms with Crippen molar-refractivity contribution in [3.8, 4) is 0 Å². The highest BCUT2D eigenvalue weighted by atomic mass is 16.5. The average Bonchev–Trinajstić information content (AvgIpc) is 2.64. The molecule has 1 aromatic heterocycles. The number of aromatic nitrogens is 1. The van der Waals surface area contributed by atoms with Crippen molar-refractivity contribution in [1.82, 2.24) is 15.4 Å². The molecule has 0 aliphatic carbocycles. The molecule has 0 amide bonds. The van der Waals surface area contributed by atoms with Crippen molar-refractivity contribution in [3.05, 3.63) is 17.0 Å². The lowest BCUT2D eigenvalue weighted by Gasteiger charge is -2.19. The molecule has 4 nitrogen and oxygen atoms in total. The molecule has 1 N–H and O–H groups in total. The molecule has 1 heterocycles. The van der Waals surface area contributed by atoms with Gasteiger partial charge in [0.05, 0.1) is 5.69 Å². The first-order valence-electron chi connectivity index (χ1n) is 6.53. The van der Waals surface area contributed by atoms with Crippen molar-refractivity contribution in [3.63, 3.8) is 0 Å². The van der Waals surface area contributed by atoms with Gasteiger partial charge in [0.1, 0.15) is 5.76 Å². The molecule has 0 saturated carbocycles. The van der Waals surface area contributed by atoms with Crippen LogP contribution in [0.15, 0.2) is 4.52 Å². The van der Waals surface area contributed by atoms with Crippen LogP contribution in [0.4, 0.5) is 0 Å². The molecule has 0 spiro atoms. The minimum absolute atomic E-state index is 0.852. The second kappa shape index (κ2) is 7.45. The molecular weight excluding hydrogens is 214 g/mol. The van der Waals surface area contributed by atoms with Gasteiger partial charge in [-0.15, -0.1) is 0 Å². The van der Waals surface area contributed by atoms with Crippen LogP contribution in [0.5, 0.6) is 0 Å². The van der Waals surface area contributed by atoms with Gasteiger partial charge in [0.2, 0.25) is 0 Å². The summed E-state index contributed by atoms with van der Waals surface area (Å²) in [5, 5.41) is 7.40. The van der Waals surface area contributed by atoms with E-state index < -0.39 is 0 Å². The molecule has 0 atom stereocenters. The van der Waals surface area contributed by atoms with Crippen molar-refractivity contribution in [2.24, 2.45) is 0 Å². The highest BCUT2D eigenvalue weighted by Crippen LogP contribution is 2.11. The fraction of sp³-hybridized carbons (Fsp3) is 0.769. The zero-order valence-corrected chi connectivity index (χ0v) is 11.5. The minimum atomic E-state index is 0.852. The molecule has 98 valence electrons. The maximum atomic E-state index is 5.13. The molecule has 0 fully saturated rings. The maximum Gasteiger partial charge on any atom is 0.138 e. The Balaban J connectivity index is 2.24. The van der Waals surface area contributed by atoms with Crippen LogP contribution in [0, 0.1) is 13.8 Å². The van der Waals surface area contributed by atoms with Gasteiger partial charge in [-0.05, 0) is 33.4 Å². The first-order chi connectivity index (χ1) is 8.19. The van der Waals surface area contributed by atoms with E-state index in [9.17, 15) is 0 Å². The summed E-state index contributed by atoms with van der Waals surface area (Å²) in [5.74, 6) is 0.927. The summed E-state index contributed by atoms with van der Waals surface area (Å²) < 4.78 is 5.13. The Kier molecular flexibility index (Phi) is 6.22. The second-order valence-corrected chi connectivity index (χ2v) is 4.41. The lowest BCUT2D eigenvalue weighted by atomic mass is 10.2. The van der Waals surface area contributed by atoms with Crippen molar-refractivity contribution in [1.29, 1.82) is 0 Å². The molecule has 0 bridgehead atoms. The first kappa shape index (κ1) is 14.2. The molecule has 4 heteroatoms. The monoisotopic (exact) mass is 239 g/mol. The number of nitrogens with one attached hydrogen (secondary N) is 1. The molecule has 0 radical (unpaired) electrons. The molecular formula is C13H25N3O. The Labute approximate surface area is 104 Å². The van der Waals surface area contributed by atoms with E-state index in [1.165, 1.54) is 18.5 Å². The highest BCUT2D eigenvalue weighted by molar-refractivity contribution is 5.20. The summed E-state index contributed by atoms with van der Waals surface area (Å²) in [7, 11) is 0. The number of hydrogen-bond acceptors (Lipinski definition) is 4. The lowest BCUT2D eigenvalue weighted by Crippen LogP contribution is -2.32. The summed E-state index contributed by atoms with van der Waals surface area (Å²) in [6, 6.07) is 0. The van der Waals surface area contributed by atoms with E-state index in [2.05, 4.69) is 29.2 Å². The van der Waals surface area contributed by atoms with Gasteiger partial charge < -0.3 is 14.7 Å². The van der Waals surface area contributed by atoms with Crippen molar-refractivity contribution < 1.29 is 4.52 Å². The van der Waals surface area contributed by atoms with Gasteiger partial charge >= 0.3 is 0 Å². The normalized spacial score (nSPS) is 11.4. The average molecular weight is 239 g/mol. The number of rotatable bonds is 8. The largest absolute Gasteiger partial charge is 0.361 e. The smallest absolute Gasteiger partial charge is 0.138 e. The van der Waals surface area contributed by atoms with E-state index in [1.807, 2.05) is 13.8 Å². The van der Waals surface area contributed by atoms with Crippen LogP contribution in [0.25, 0.3) is 0 Å². The zero-order valence-electron chi connectivity index (χ0n) is 11.5. The minimum Gasteiger partial charge on any atom is -0.361 e. The Hall–Kier alpha value is -0.870. The highest BCUT2D eigenvalue weighted by Gasteiger charge is 2.08. The molecule has 0 aliphatic heterocycles. The maximum absolute atomic E-state index is 5.13. The van der Waals surface area contributed by atoms with E-state index in [0.29, 0.717) is 0 Å².